The van der Waals surface area contributed by atoms with E-state index in [4.69, 9.17) is 0 Å². The maximum Gasteiger partial charge on any atom is 0.313 e. The molecule has 0 spiro atoms. The summed E-state index contributed by atoms with van der Waals surface area (Å²) in [6.45, 7) is 4.63. The molecule has 0 saturated heterocycles. The lowest BCUT2D eigenvalue weighted by Crippen LogP contribution is -2.39. The highest BCUT2D eigenvalue weighted by Gasteiger charge is 2.21. The van der Waals surface area contributed by atoms with E-state index in [0.717, 1.165) is 15.6 Å². The molecule has 4 nitrogen and oxygen atoms in total. The van der Waals surface area contributed by atoms with Crippen LogP contribution in [0.3, 0.4) is 0 Å². The minimum absolute atomic E-state index is 0.420. The second-order valence-corrected chi connectivity index (χ2v) is 6.13. The number of amides is 2. The summed E-state index contributed by atoms with van der Waals surface area (Å²) in [4.78, 5) is 26.1. The molecular formula is C18H19BrN2O2. The number of hydrogen-bond donors (Lipinski definition) is 1. The van der Waals surface area contributed by atoms with Crippen molar-refractivity contribution in [1.82, 2.24) is 4.90 Å². The minimum Gasteiger partial charge on any atom is -0.330 e. The quantitative estimate of drug-likeness (QED) is 0.828. The molecule has 0 fully saturated rings. The molecular weight excluding hydrogens is 356 g/mol. The number of nitrogens with one attached hydrogen (secondary N) is 1. The first-order chi connectivity index (χ1) is 11.0. The summed E-state index contributed by atoms with van der Waals surface area (Å²) in [7, 11) is 0. The molecule has 0 aliphatic rings. The highest BCUT2D eigenvalue weighted by atomic mass is 79.9. The minimum atomic E-state index is -0.617. The number of carbonyl (C=O) groups excluding carboxylic acids is 2. The van der Waals surface area contributed by atoms with E-state index in [9.17, 15) is 9.59 Å². The number of hydrogen-bond acceptors (Lipinski definition) is 2. The number of anilines is 1. The van der Waals surface area contributed by atoms with Gasteiger partial charge in [-0.05, 0) is 43.2 Å². The van der Waals surface area contributed by atoms with Crippen molar-refractivity contribution < 1.29 is 9.59 Å². The van der Waals surface area contributed by atoms with Gasteiger partial charge in [0.2, 0.25) is 0 Å². The van der Waals surface area contributed by atoms with Crippen LogP contribution in [0.1, 0.15) is 18.1 Å². The molecule has 0 aliphatic carbocycles. The fourth-order valence-corrected chi connectivity index (χ4v) is 2.69. The fourth-order valence-electron chi connectivity index (χ4n) is 2.22. The van der Waals surface area contributed by atoms with Gasteiger partial charge < -0.3 is 10.2 Å². The topological polar surface area (TPSA) is 49.4 Å². The third-order valence-electron chi connectivity index (χ3n) is 3.52. The van der Waals surface area contributed by atoms with Crippen LogP contribution < -0.4 is 5.32 Å². The number of nitrogens with zero attached hydrogens (tertiary/aromatic N) is 1. The first-order valence-corrected chi connectivity index (χ1v) is 8.21. The molecule has 0 saturated carbocycles. The normalized spacial score (nSPS) is 10.2. The molecule has 0 heterocycles. The summed E-state index contributed by atoms with van der Waals surface area (Å²) >= 11 is 3.38. The molecule has 2 rings (SSSR count). The molecule has 120 valence electrons. The maximum atomic E-state index is 12.4. The predicted octanol–water partition coefficient (Wildman–Crippen LogP) is 3.74. The molecule has 0 aromatic heterocycles. The maximum absolute atomic E-state index is 12.4. The molecule has 0 radical (unpaired) electrons. The molecule has 2 amide bonds. The van der Waals surface area contributed by atoms with Crippen LogP contribution in [-0.2, 0) is 16.1 Å². The van der Waals surface area contributed by atoms with E-state index in [1.807, 2.05) is 56.3 Å². The molecule has 2 aromatic rings. The number of likely N-dealkylation sites (N-methyl/N-ethyl adjacent to an activating group) is 1. The van der Waals surface area contributed by atoms with Crippen molar-refractivity contribution in [1.29, 1.82) is 0 Å². The van der Waals surface area contributed by atoms with E-state index < -0.39 is 11.8 Å². The number of benzene rings is 2. The van der Waals surface area contributed by atoms with Crippen LogP contribution >= 0.6 is 15.9 Å². The zero-order chi connectivity index (χ0) is 16.8. The molecule has 5 heteroatoms. The van der Waals surface area contributed by atoms with Gasteiger partial charge in [0.05, 0.1) is 0 Å². The summed E-state index contributed by atoms with van der Waals surface area (Å²) in [5.41, 5.74) is 2.53. The van der Waals surface area contributed by atoms with Gasteiger partial charge in [-0.15, -0.1) is 0 Å². The van der Waals surface area contributed by atoms with Gasteiger partial charge in [-0.3, -0.25) is 9.59 Å². The second-order valence-electron chi connectivity index (χ2n) is 5.22. The van der Waals surface area contributed by atoms with Gasteiger partial charge in [0.1, 0.15) is 0 Å². The van der Waals surface area contributed by atoms with Crippen molar-refractivity contribution in [2.45, 2.75) is 20.4 Å². The lowest BCUT2D eigenvalue weighted by Gasteiger charge is -2.20. The van der Waals surface area contributed by atoms with Crippen LogP contribution in [0.4, 0.5) is 5.69 Å². The zero-order valence-corrected chi connectivity index (χ0v) is 14.8. The summed E-state index contributed by atoms with van der Waals surface area (Å²) in [6.07, 6.45) is 0. The molecule has 2 aromatic carbocycles. The average molecular weight is 375 g/mol. The summed E-state index contributed by atoms with van der Waals surface area (Å²) in [6, 6.07) is 15.1. The lowest BCUT2D eigenvalue weighted by atomic mass is 10.2. The summed E-state index contributed by atoms with van der Waals surface area (Å²) in [5, 5.41) is 2.69. The van der Waals surface area contributed by atoms with Gasteiger partial charge in [0.25, 0.3) is 0 Å². The Labute approximate surface area is 144 Å². The van der Waals surface area contributed by atoms with Crippen molar-refractivity contribution in [2.75, 3.05) is 11.9 Å². The van der Waals surface area contributed by atoms with E-state index in [1.54, 1.807) is 6.07 Å². The van der Waals surface area contributed by atoms with Crippen molar-refractivity contribution >= 4 is 33.4 Å². The highest BCUT2D eigenvalue weighted by molar-refractivity contribution is 9.10. The van der Waals surface area contributed by atoms with Crippen LogP contribution in [0.5, 0.6) is 0 Å². The molecule has 0 aliphatic heterocycles. The van der Waals surface area contributed by atoms with E-state index in [0.29, 0.717) is 18.8 Å². The Bertz CT molecular complexity index is 701. The molecule has 0 unspecified atom stereocenters. The number of rotatable bonds is 4. The number of aryl methyl sites for hydroxylation is 1. The SMILES string of the molecule is CCN(Cc1ccccc1)C(=O)C(=O)Nc1ccc(Br)cc1C. The monoisotopic (exact) mass is 374 g/mol. The van der Waals surface area contributed by atoms with Gasteiger partial charge in [0.15, 0.2) is 0 Å². The Hall–Kier alpha value is -2.14. The average Bonchev–Trinajstić information content (AvgIpc) is 2.55. The molecule has 0 atom stereocenters. The molecule has 1 N–H and O–H groups in total. The molecule has 0 bridgehead atoms. The van der Waals surface area contributed by atoms with E-state index in [-0.39, 0.29) is 0 Å². The highest BCUT2D eigenvalue weighted by Crippen LogP contribution is 2.20. The Kier molecular flexibility index (Phi) is 5.93. The van der Waals surface area contributed by atoms with Gasteiger partial charge in [-0.2, -0.15) is 0 Å². The van der Waals surface area contributed by atoms with Gasteiger partial charge in [-0.25, -0.2) is 0 Å². The third kappa shape index (κ3) is 4.66. The van der Waals surface area contributed by atoms with Crippen LogP contribution in [0.25, 0.3) is 0 Å². The van der Waals surface area contributed by atoms with Crippen LogP contribution in [0, 0.1) is 6.92 Å². The standard InChI is InChI=1S/C18H19BrN2O2/c1-3-21(12-14-7-5-4-6-8-14)18(23)17(22)20-16-10-9-15(19)11-13(16)2/h4-11H,3,12H2,1-2H3,(H,20,22). The van der Waals surface area contributed by atoms with E-state index in [2.05, 4.69) is 21.2 Å². The Morgan fingerprint density at radius 2 is 1.83 bits per heavy atom. The number of halogens is 1. The third-order valence-corrected chi connectivity index (χ3v) is 4.01. The second kappa shape index (κ2) is 7.92. The first-order valence-electron chi connectivity index (χ1n) is 7.41. The van der Waals surface area contributed by atoms with Crippen molar-refractivity contribution in [2.24, 2.45) is 0 Å². The van der Waals surface area contributed by atoms with Crippen LogP contribution in [0.15, 0.2) is 53.0 Å². The smallest absolute Gasteiger partial charge is 0.313 e. The summed E-state index contributed by atoms with van der Waals surface area (Å²) < 4.78 is 0.929. The Morgan fingerprint density at radius 1 is 1.13 bits per heavy atom. The van der Waals surface area contributed by atoms with Gasteiger partial charge in [0, 0.05) is 23.2 Å². The van der Waals surface area contributed by atoms with Crippen molar-refractivity contribution in [3.63, 3.8) is 0 Å². The number of carbonyl (C=O) groups is 2. The Morgan fingerprint density at radius 3 is 2.43 bits per heavy atom. The van der Waals surface area contributed by atoms with E-state index >= 15 is 0 Å². The molecule has 23 heavy (non-hydrogen) atoms. The largest absolute Gasteiger partial charge is 0.330 e. The zero-order valence-electron chi connectivity index (χ0n) is 13.2. The first kappa shape index (κ1) is 17.2. The lowest BCUT2D eigenvalue weighted by molar-refractivity contribution is -0.143. The fraction of sp³-hybridized carbons (Fsp3) is 0.222. The van der Waals surface area contributed by atoms with Crippen molar-refractivity contribution in [3.8, 4) is 0 Å². The Balaban J connectivity index is 2.06. The van der Waals surface area contributed by atoms with Gasteiger partial charge in [-0.1, -0.05) is 46.3 Å². The van der Waals surface area contributed by atoms with Crippen molar-refractivity contribution in [3.05, 3.63) is 64.1 Å². The summed E-state index contributed by atoms with van der Waals surface area (Å²) in [5.74, 6) is -1.15. The van der Waals surface area contributed by atoms with E-state index in [1.165, 1.54) is 4.90 Å². The van der Waals surface area contributed by atoms with Gasteiger partial charge >= 0.3 is 11.8 Å². The van der Waals surface area contributed by atoms with Crippen LogP contribution in [0.2, 0.25) is 0 Å². The predicted molar refractivity (Wildman–Crippen MR) is 95.0 cm³/mol. The van der Waals surface area contributed by atoms with Crippen LogP contribution in [-0.4, -0.2) is 23.3 Å².